The minimum absolute atomic E-state index is 0.221. The maximum atomic E-state index is 5.88. The summed E-state index contributed by atoms with van der Waals surface area (Å²) in [6, 6.07) is 0. The Morgan fingerprint density at radius 1 is 1.32 bits per heavy atom. The summed E-state index contributed by atoms with van der Waals surface area (Å²) in [5.74, 6) is 0.726. The van der Waals surface area contributed by atoms with Crippen molar-refractivity contribution in [2.75, 3.05) is 11.9 Å². The van der Waals surface area contributed by atoms with E-state index in [2.05, 4.69) is 31.3 Å². The molecule has 0 spiro atoms. The van der Waals surface area contributed by atoms with E-state index in [1.54, 1.807) is 11.9 Å². The molecule has 3 rings (SSSR count). The van der Waals surface area contributed by atoms with Crippen LogP contribution >= 0.6 is 11.6 Å². The predicted molar refractivity (Wildman–Crippen MR) is 76.4 cm³/mol. The van der Waals surface area contributed by atoms with Gasteiger partial charge in [0.05, 0.1) is 6.33 Å². The zero-order valence-corrected chi connectivity index (χ0v) is 11.4. The molecule has 2 N–H and O–H groups in total. The van der Waals surface area contributed by atoms with Crippen LogP contribution in [0.2, 0.25) is 5.28 Å². The highest BCUT2D eigenvalue weighted by Gasteiger charge is 2.09. The van der Waals surface area contributed by atoms with E-state index in [0.717, 1.165) is 24.3 Å². The number of halogens is 1. The number of aromatic amines is 1. The largest absolute Gasteiger partial charge is 0.368 e. The van der Waals surface area contributed by atoms with E-state index >= 15 is 0 Å². The van der Waals surface area contributed by atoms with Crippen LogP contribution in [0.4, 0.5) is 5.82 Å². The molecule has 0 fully saturated rings. The van der Waals surface area contributed by atoms with Crippen LogP contribution in [-0.4, -0.2) is 26.5 Å². The molecule has 100 valence electrons. The Morgan fingerprint density at radius 3 is 3.11 bits per heavy atom. The van der Waals surface area contributed by atoms with Crippen LogP contribution in [0.15, 0.2) is 18.0 Å². The number of rotatable bonds is 4. The maximum Gasteiger partial charge on any atom is 0.226 e. The standard InChI is InChI=1S/C13H16ClN5/c14-13-18-11(10-12(19-13)17-8-16-10)15-7-6-9-4-2-1-3-5-9/h4,8H,1-3,5-7H2,(H2,15,16,17,18,19). The highest BCUT2D eigenvalue weighted by molar-refractivity contribution is 6.28. The average molecular weight is 278 g/mol. The SMILES string of the molecule is Clc1nc(NCCC2=CCCCC2)c2[nH]cnc2n1. The summed E-state index contributed by atoms with van der Waals surface area (Å²) in [4.78, 5) is 15.4. The second kappa shape index (κ2) is 5.57. The number of aromatic nitrogens is 4. The van der Waals surface area contributed by atoms with Crippen molar-refractivity contribution < 1.29 is 0 Å². The van der Waals surface area contributed by atoms with Gasteiger partial charge in [0, 0.05) is 6.54 Å². The van der Waals surface area contributed by atoms with E-state index in [1.165, 1.54) is 25.7 Å². The quantitative estimate of drug-likeness (QED) is 0.665. The lowest BCUT2D eigenvalue weighted by molar-refractivity contribution is 0.679. The Bertz CT molecular complexity index is 604. The third kappa shape index (κ3) is 2.87. The van der Waals surface area contributed by atoms with E-state index in [4.69, 9.17) is 11.6 Å². The fourth-order valence-corrected chi connectivity index (χ4v) is 2.57. The lowest BCUT2D eigenvalue weighted by atomic mass is 9.97. The molecule has 2 heterocycles. The molecule has 0 bridgehead atoms. The zero-order chi connectivity index (χ0) is 13.1. The summed E-state index contributed by atoms with van der Waals surface area (Å²) < 4.78 is 0. The van der Waals surface area contributed by atoms with Gasteiger partial charge in [-0.25, -0.2) is 4.98 Å². The third-order valence-corrected chi connectivity index (χ3v) is 3.55. The molecule has 0 radical (unpaired) electrons. The molecule has 0 atom stereocenters. The van der Waals surface area contributed by atoms with Crippen molar-refractivity contribution in [3.63, 3.8) is 0 Å². The van der Waals surface area contributed by atoms with Crippen LogP contribution in [0.3, 0.4) is 0 Å². The number of hydrogen-bond donors (Lipinski definition) is 2. The summed E-state index contributed by atoms with van der Waals surface area (Å²) in [5.41, 5.74) is 2.95. The number of nitrogens with zero attached hydrogens (tertiary/aromatic N) is 3. The van der Waals surface area contributed by atoms with Gasteiger partial charge in [0.1, 0.15) is 5.52 Å². The molecule has 19 heavy (non-hydrogen) atoms. The molecule has 0 saturated heterocycles. The Labute approximate surface area is 116 Å². The number of H-pyrrole nitrogens is 1. The second-order valence-electron chi connectivity index (χ2n) is 4.73. The summed E-state index contributed by atoms with van der Waals surface area (Å²) in [6.07, 6.45) is 10.1. The van der Waals surface area contributed by atoms with Gasteiger partial charge in [-0.15, -0.1) is 0 Å². The fourth-order valence-electron chi connectivity index (χ4n) is 2.41. The summed E-state index contributed by atoms with van der Waals surface area (Å²) in [7, 11) is 0. The van der Waals surface area contributed by atoms with E-state index in [0.29, 0.717) is 5.65 Å². The van der Waals surface area contributed by atoms with Gasteiger partial charge in [-0.1, -0.05) is 11.6 Å². The van der Waals surface area contributed by atoms with Crippen LogP contribution in [0, 0.1) is 0 Å². The van der Waals surface area contributed by atoms with E-state index < -0.39 is 0 Å². The molecule has 0 aromatic carbocycles. The van der Waals surface area contributed by atoms with E-state index in [9.17, 15) is 0 Å². The molecular weight excluding hydrogens is 262 g/mol. The van der Waals surface area contributed by atoms with Crippen molar-refractivity contribution in [3.05, 3.63) is 23.3 Å². The summed E-state index contributed by atoms with van der Waals surface area (Å²) in [6.45, 7) is 0.854. The first-order valence-electron chi connectivity index (χ1n) is 6.61. The Hall–Kier alpha value is -1.62. The van der Waals surface area contributed by atoms with Crippen LogP contribution in [-0.2, 0) is 0 Å². The smallest absolute Gasteiger partial charge is 0.226 e. The van der Waals surface area contributed by atoms with Crippen LogP contribution in [0.25, 0.3) is 11.2 Å². The van der Waals surface area contributed by atoms with Crippen molar-refractivity contribution in [1.82, 2.24) is 19.9 Å². The van der Waals surface area contributed by atoms with E-state index in [1.807, 2.05) is 0 Å². The third-order valence-electron chi connectivity index (χ3n) is 3.38. The molecule has 2 aromatic rings. The van der Waals surface area contributed by atoms with Crippen LogP contribution < -0.4 is 5.32 Å². The van der Waals surface area contributed by atoms with Crippen molar-refractivity contribution in [2.45, 2.75) is 32.1 Å². The summed E-state index contributed by atoms with van der Waals surface area (Å²) in [5, 5.41) is 3.54. The normalized spacial score (nSPS) is 15.5. The molecule has 0 unspecified atom stereocenters. The highest BCUT2D eigenvalue weighted by Crippen LogP contribution is 2.21. The number of allylic oxidation sites excluding steroid dienone is 1. The number of anilines is 1. The molecule has 1 aliphatic rings. The van der Waals surface area contributed by atoms with Gasteiger partial charge >= 0.3 is 0 Å². The Morgan fingerprint density at radius 2 is 2.26 bits per heavy atom. The molecule has 2 aromatic heterocycles. The number of nitrogens with one attached hydrogen (secondary N) is 2. The van der Waals surface area contributed by atoms with Gasteiger partial charge in [-0.2, -0.15) is 9.97 Å². The van der Waals surface area contributed by atoms with Crippen LogP contribution in [0.5, 0.6) is 0 Å². The van der Waals surface area contributed by atoms with Crippen molar-refractivity contribution in [3.8, 4) is 0 Å². The van der Waals surface area contributed by atoms with Crippen molar-refractivity contribution >= 4 is 28.6 Å². The van der Waals surface area contributed by atoms with Crippen molar-refractivity contribution in [1.29, 1.82) is 0 Å². The van der Waals surface area contributed by atoms with Crippen molar-refractivity contribution in [2.24, 2.45) is 0 Å². The first-order chi connectivity index (χ1) is 9.33. The second-order valence-corrected chi connectivity index (χ2v) is 5.07. The first kappa shape index (κ1) is 12.4. The zero-order valence-electron chi connectivity index (χ0n) is 10.6. The van der Waals surface area contributed by atoms with Gasteiger partial charge in [-0.05, 0) is 43.7 Å². The molecule has 0 aliphatic heterocycles. The molecular formula is C13H16ClN5. The summed E-state index contributed by atoms with van der Waals surface area (Å²) >= 11 is 5.88. The predicted octanol–water partition coefficient (Wildman–Crippen LogP) is 3.31. The van der Waals surface area contributed by atoms with Gasteiger partial charge in [0.15, 0.2) is 11.5 Å². The average Bonchev–Trinajstić information content (AvgIpc) is 2.88. The lowest BCUT2D eigenvalue weighted by Gasteiger charge is -2.13. The minimum Gasteiger partial charge on any atom is -0.368 e. The number of imidazole rings is 1. The lowest BCUT2D eigenvalue weighted by Crippen LogP contribution is -2.07. The van der Waals surface area contributed by atoms with Gasteiger partial charge in [0.2, 0.25) is 5.28 Å². The molecule has 0 amide bonds. The molecule has 1 aliphatic carbocycles. The molecule has 6 heteroatoms. The Kier molecular flexibility index (Phi) is 3.64. The van der Waals surface area contributed by atoms with Gasteiger partial charge in [0.25, 0.3) is 0 Å². The van der Waals surface area contributed by atoms with Crippen LogP contribution in [0.1, 0.15) is 32.1 Å². The highest BCUT2D eigenvalue weighted by atomic mass is 35.5. The van der Waals surface area contributed by atoms with Gasteiger partial charge in [-0.3, -0.25) is 0 Å². The van der Waals surface area contributed by atoms with Gasteiger partial charge < -0.3 is 10.3 Å². The first-order valence-corrected chi connectivity index (χ1v) is 6.99. The fraction of sp³-hybridized carbons (Fsp3) is 0.462. The number of hydrogen-bond acceptors (Lipinski definition) is 4. The molecule has 0 saturated carbocycles. The monoisotopic (exact) mass is 277 g/mol. The minimum atomic E-state index is 0.221. The molecule has 5 nitrogen and oxygen atoms in total. The Balaban J connectivity index is 1.68. The maximum absolute atomic E-state index is 5.88. The topological polar surface area (TPSA) is 66.5 Å². The van der Waals surface area contributed by atoms with E-state index in [-0.39, 0.29) is 5.28 Å². The number of fused-ring (bicyclic) bond motifs is 1.